The Morgan fingerprint density at radius 2 is 1.78 bits per heavy atom. The van der Waals surface area contributed by atoms with Gasteiger partial charge in [-0.3, -0.25) is 4.79 Å². The molecule has 1 saturated heterocycles. The lowest BCUT2D eigenvalue weighted by molar-refractivity contribution is -0.119. The van der Waals surface area contributed by atoms with Gasteiger partial charge in [-0.15, -0.1) is 11.3 Å². The molecule has 3 heterocycles. The summed E-state index contributed by atoms with van der Waals surface area (Å²) >= 11 is 2.98. The van der Waals surface area contributed by atoms with E-state index >= 15 is 0 Å². The summed E-state index contributed by atoms with van der Waals surface area (Å²) in [5.41, 5.74) is 1.70. The average molecular weight is 489 g/mol. The Labute approximate surface area is 192 Å². The van der Waals surface area contributed by atoms with Gasteiger partial charge in [0.15, 0.2) is 5.13 Å². The molecule has 32 heavy (non-hydrogen) atoms. The first-order valence-electron chi connectivity index (χ1n) is 10.0. The van der Waals surface area contributed by atoms with Crippen molar-refractivity contribution >= 4 is 64.2 Å². The standard InChI is InChI=1S/C21H20N4O4S3/c1-12-22-15-9-10-16-19(18(15)30-12)31-21(23-16)24-20(26)17-4-3-11-25(17)32(27,28)14-7-5-13(29-2)6-8-14/h5-10,17H,3-4,11H2,1-2H3,(H,23,24,26). The number of sulfonamides is 1. The summed E-state index contributed by atoms with van der Waals surface area (Å²) in [6.07, 6.45) is 1.08. The fourth-order valence-electron chi connectivity index (χ4n) is 3.90. The lowest BCUT2D eigenvalue weighted by atomic mass is 10.2. The van der Waals surface area contributed by atoms with E-state index < -0.39 is 16.1 Å². The Balaban J connectivity index is 1.40. The first-order chi connectivity index (χ1) is 15.4. The number of aromatic nitrogens is 2. The molecule has 2 aromatic heterocycles. The Bertz CT molecular complexity index is 1430. The Morgan fingerprint density at radius 1 is 1.09 bits per heavy atom. The zero-order chi connectivity index (χ0) is 22.5. The highest BCUT2D eigenvalue weighted by Crippen LogP contribution is 2.36. The number of anilines is 1. The first kappa shape index (κ1) is 21.3. The number of fused-ring (bicyclic) bond motifs is 3. The molecule has 1 aliphatic heterocycles. The van der Waals surface area contributed by atoms with Crippen molar-refractivity contribution in [2.75, 3.05) is 19.0 Å². The lowest BCUT2D eigenvalue weighted by Crippen LogP contribution is -2.43. The topological polar surface area (TPSA) is 101 Å². The third-order valence-electron chi connectivity index (χ3n) is 5.42. The van der Waals surface area contributed by atoms with Gasteiger partial charge >= 0.3 is 0 Å². The van der Waals surface area contributed by atoms with Crippen molar-refractivity contribution in [3.8, 4) is 5.75 Å². The number of benzene rings is 2. The fraction of sp³-hybridized carbons (Fsp3) is 0.286. The van der Waals surface area contributed by atoms with Crippen LogP contribution in [0.3, 0.4) is 0 Å². The minimum atomic E-state index is -3.81. The molecule has 0 aliphatic carbocycles. The van der Waals surface area contributed by atoms with E-state index in [1.807, 2.05) is 19.1 Å². The van der Waals surface area contributed by atoms with Crippen molar-refractivity contribution in [1.29, 1.82) is 0 Å². The van der Waals surface area contributed by atoms with Gasteiger partial charge in [-0.05, 0) is 56.2 Å². The molecule has 2 aromatic carbocycles. The van der Waals surface area contributed by atoms with E-state index in [0.717, 1.165) is 25.4 Å². The summed E-state index contributed by atoms with van der Waals surface area (Å²) in [6.45, 7) is 2.26. The van der Waals surface area contributed by atoms with Crippen molar-refractivity contribution in [3.05, 3.63) is 41.4 Å². The molecule has 8 nitrogen and oxygen atoms in total. The Hall–Kier alpha value is -2.60. The van der Waals surface area contributed by atoms with E-state index in [0.29, 0.717) is 30.3 Å². The fourth-order valence-corrected chi connectivity index (χ4v) is 7.57. The van der Waals surface area contributed by atoms with Crippen molar-refractivity contribution in [2.45, 2.75) is 30.7 Å². The summed E-state index contributed by atoms with van der Waals surface area (Å²) in [5.74, 6) is 0.205. The summed E-state index contributed by atoms with van der Waals surface area (Å²) in [4.78, 5) is 22.2. The van der Waals surface area contributed by atoms with E-state index in [2.05, 4.69) is 15.3 Å². The van der Waals surface area contributed by atoms with Crippen LogP contribution in [0.25, 0.3) is 20.4 Å². The molecule has 0 saturated carbocycles. The normalized spacial score (nSPS) is 17.2. The van der Waals surface area contributed by atoms with Gasteiger partial charge in [-0.1, -0.05) is 11.3 Å². The van der Waals surface area contributed by atoms with Crippen molar-refractivity contribution in [1.82, 2.24) is 14.3 Å². The van der Waals surface area contributed by atoms with Crippen LogP contribution in [-0.2, 0) is 14.8 Å². The molecular weight excluding hydrogens is 468 g/mol. The van der Waals surface area contributed by atoms with Gasteiger partial charge in [-0.2, -0.15) is 4.31 Å². The van der Waals surface area contributed by atoms with E-state index in [1.54, 1.807) is 23.5 Å². The maximum absolute atomic E-state index is 13.2. The second-order valence-corrected chi connectivity index (χ2v) is 11.5. The molecule has 0 bridgehead atoms. The van der Waals surface area contributed by atoms with Crippen LogP contribution in [0, 0.1) is 6.92 Å². The molecule has 1 atom stereocenters. The van der Waals surface area contributed by atoms with Gasteiger partial charge < -0.3 is 10.1 Å². The van der Waals surface area contributed by atoms with Crippen LogP contribution in [-0.4, -0.2) is 48.3 Å². The van der Waals surface area contributed by atoms with Crippen molar-refractivity contribution in [3.63, 3.8) is 0 Å². The molecule has 1 fully saturated rings. The van der Waals surface area contributed by atoms with Crippen LogP contribution in [0.2, 0.25) is 0 Å². The number of amides is 1. The third-order valence-corrected chi connectivity index (χ3v) is 9.48. The second kappa shape index (κ2) is 8.07. The summed E-state index contributed by atoms with van der Waals surface area (Å²) < 4.78 is 34.8. The van der Waals surface area contributed by atoms with Gasteiger partial charge in [0.2, 0.25) is 15.9 Å². The molecule has 11 heteroatoms. The molecule has 1 N–H and O–H groups in total. The zero-order valence-corrected chi connectivity index (χ0v) is 19.8. The van der Waals surface area contributed by atoms with Crippen molar-refractivity contribution in [2.24, 2.45) is 0 Å². The SMILES string of the molecule is COc1ccc(S(=O)(=O)N2CCCC2C(=O)Nc2nc3ccc4nc(C)sc4c3s2)cc1. The highest BCUT2D eigenvalue weighted by molar-refractivity contribution is 7.89. The van der Waals surface area contributed by atoms with Gasteiger partial charge in [0.25, 0.3) is 0 Å². The smallest absolute Gasteiger partial charge is 0.244 e. The predicted octanol–water partition coefficient (Wildman–Crippen LogP) is 4.01. The summed E-state index contributed by atoms with van der Waals surface area (Å²) in [7, 11) is -2.29. The van der Waals surface area contributed by atoms with Crippen LogP contribution in [0.15, 0.2) is 41.3 Å². The number of carbonyl (C=O) groups is 1. The van der Waals surface area contributed by atoms with Crippen molar-refractivity contribution < 1.29 is 17.9 Å². The Kier molecular flexibility index (Phi) is 5.36. The van der Waals surface area contributed by atoms with E-state index in [-0.39, 0.29) is 10.8 Å². The molecule has 0 spiro atoms. The lowest BCUT2D eigenvalue weighted by Gasteiger charge is -2.23. The molecule has 166 valence electrons. The zero-order valence-electron chi connectivity index (χ0n) is 17.4. The maximum atomic E-state index is 13.2. The average Bonchev–Trinajstić information content (AvgIpc) is 3.50. The monoisotopic (exact) mass is 488 g/mol. The molecule has 4 aromatic rings. The largest absolute Gasteiger partial charge is 0.497 e. The summed E-state index contributed by atoms with van der Waals surface area (Å²) in [6, 6.07) is 9.22. The molecule has 1 unspecified atom stereocenters. The van der Waals surface area contributed by atoms with Crippen LogP contribution in [0.1, 0.15) is 17.8 Å². The highest BCUT2D eigenvalue weighted by Gasteiger charge is 2.39. The number of rotatable bonds is 5. The number of hydrogen-bond donors (Lipinski definition) is 1. The number of aryl methyl sites for hydroxylation is 1. The minimum absolute atomic E-state index is 0.140. The van der Waals surface area contributed by atoms with Gasteiger partial charge in [-0.25, -0.2) is 18.4 Å². The number of nitrogens with zero attached hydrogens (tertiary/aromatic N) is 3. The second-order valence-electron chi connectivity index (χ2n) is 7.45. The predicted molar refractivity (Wildman–Crippen MR) is 126 cm³/mol. The first-order valence-corrected chi connectivity index (χ1v) is 13.1. The van der Waals surface area contributed by atoms with Crippen LogP contribution < -0.4 is 10.1 Å². The highest BCUT2D eigenvalue weighted by atomic mass is 32.2. The summed E-state index contributed by atoms with van der Waals surface area (Å²) in [5, 5.41) is 4.27. The van der Waals surface area contributed by atoms with E-state index in [1.165, 1.54) is 34.9 Å². The van der Waals surface area contributed by atoms with Crippen LogP contribution in [0.5, 0.6) is 5.75 Å². The number of nitrogens with one attached hydrogen (secondary N) is 1. The van der Waals surface area contributed by atoms with E-state index in [4.69, 9.17) is 4.74 Å². The van der Waals surface area contributed by atoms with Gasteiger partial charge in [0.1, 0.15) is 11.8 Å². The Morgan fingerprint density at radius 3 is 2.50 bits per heavy atom. The number of carbonyl (C=O) groups excluding carboxylic acids is 1. The van der Waals surface area contributed by atoms with Crippen LogP contribution >= 0.6 is 22.7 Å². The van der Waals surface area contributed by atoms with Gasteiger partial charge in [0, 0.05) is 6.54 Å². The number of methoxy groups -OCH3 is 1. The number of hydrogen-bond acceptors (Lipinski definition) is 8. The maximum Gasteiger partial charge on any atom is 0.244 e. The molecule has 1 aliphatic rings. The number of thiazole rings is 2. The molecular formula is C21H20N4O4S3. The van der Waals surface area contributed by atoms with E-state index in [9.17, 15) is 13.2 Å². The molecule has 1 amide bonds. The minimum Gasteiger partial charge on any atom is -0.497 e. The quantitative estimate of drug-likeness (QED) is 0.455. The molecule has 5 rings (SSSR count). The molecule has 0 radical (unpaired) electrons. The van der Waals surface area contributed by atoms with Gasteiger partial charge in [0.05, 0.1) is 37.4 Å². The van der Waals surface area contributed by atoms with Crippen LogP contribution in [0.4, 0.5) is 5.13 Å². The number of ether oxygens (including phenoxy) is 1. The third kappa shape index (κ3) is 3.64.